The molecule has 364 valence electrons. The van der Waals surface area contributed by atoms with Gasteiger partial charge in [0, 0.05) is 35.4 Å². The number of fused-ring (bicyclic) bond motifs is 5. The quantitative estimate of drug-likeness (QED) is 0.0805. The third-order valence-corrected chi connectivity index (χ3v) is 15.2. The molecule has 5 aliphatic carbocycles. The fourth-order valence-electron chi connectivity index (χ4n) is 11.7. The zero-order valence-corrected chi connectivity index (χ0v) is 37.2. The molecule has 0 radical (unpaired) electrons. The minimum Gasteiger partial charge on any atom is -0.446 e. The summed E-state index contributed by atoms with van der Waals surface area (Å²) < 4.78 is 38.6. The first-order valence-corrected chi connectivity index (χ1v) is 22.6. The van der Waals surface area contributed by atoms with Crippen molar-refractivity contribution in [2.75, 3.05) is 25.8 Å². The molecule has 4 saturated carbocycles. The van der Waals surface area contributed by atoms with Crippen LogP contribution in [0.2, 0.25) is 0 Å². The number of carbonyl (C=O) groups excluding carboxylic acids is 3. The van der Waals surface area contributed by atoms with E-state index in [0.29, 0.717) is 6.42 Å². The van der Waals surface area contributed by atoms with E-state index in [9.17, 15) is 45.0 Å². The number of halogens is 1. The first kappa shape index (κ1) is 51.0. The molecule has 7 rings (SSSR count). The molecule has 6 fully saturated rings. The number of alkyl halides is 1. The number of rotatable bonds is 10. The third-order valence-electron chi connectivity index (χ3n) is 15.1. The zero-order valence-electron chi connectivity index (χ0n) is 36.4. The van der Waals surface area contributed by atoms with Crippen LogP contribution in [0.4, 0.5) is 4.79 Å². The van der Waals surface area contributed by atoms with Gasteiger partial charge in [0.15, 0.2) is 24.4 Å². The molecule has 0 amide bonds. The lowest BCUT2D eigenvalue weighted by atomic mass is 9.46. The monoisotopic (exact) mass is 933 g/mol. The summed E-state index contributed by atoms with van der Waals surface area (Å²) in [6.45, 7) is 5.28. The van der Waals surface area contributed by atoms with Crippen LogP contribution >= 0.6 is 11.6 Å². The molecule has 0 aromatic heterocycles. The van der Waals surface area contributed by atoms with Gasteiger partial charge in [0.2, 0.25) is 5.60 Å². The van der Waals surface area contributed by atoms with Crippen LogP contribution in [-0.4, -0.2) is 172 Å². The number of esters is 1. The minimum atomic E-state index is -1.57. The topological polar surface area (TPSA) is 367 Å². The van der Waals surface area contributed by atoms with Crippen molar-refractivity contribution in [1.82, 2.24) is 0 Å². The van der Waals surface area contributed by atoms with Gasteiger partial charge in [-0.2, -0.15) is 0 Å². The first-order valence-electron chi connectivity index (χ1n) is 22.1. The molecule has 0 spiro atoms. The highest BCUT2D eigenvalue weighted by atomic mass is 35.5. The molecule has 0 aromatic rings. The number of allylic oxidation sites excluding steroid dienone is 4. The highest BCUT2D eigenvalue weighted by molar-refractivity contribution is 6.17. The lowest BCUT2D eigenvalue weighted by Gasteiger charge is -2.59. The van der Waals surface area contributed by atoms with E-state index in [1.54, 1.807) is 19.1 Å². The average molecular weight is 934 g/mol. The summed E-state index contributed by atoms with van der Waals surface area (Å²) in [5, 5.41) is 62.2. The smallest absolute Gasteiger partial charge is 0.446 e. The van der Waals surface area contributed by atoms with Crippen LogP contribution in [0.25, 0.3) is 0 Å². The van der Waals surface area contributed by atoms with Crippen molar-refractivity contribution in [3.63, 3.8) is 0 Å². The predicted molar refractivity (Wildman–Crippen MR) is 224 cm³/mol. The van der Waals surface area contributed by atoms with Crippen molar-refractivity contribution in [1.29, 1.82) is 0 Å². The minimum absolute atomic E-state index is 0.0161. The van der Waals surface area contributed by atoms with Crippen molar-refractivity contribution in [2.45, 2.75) is 163 Å². The second kappa shape index (κ2) is 20.4. The van der Waals surface area contributed by atoms with E-state index in [1.807, 2.05) is 13.0 Å². The van der Waals surface area contributed by atoms with Crippen molar-refractivity contribution < 1.29 is 78.2 Å². The Bertz CT molecular complexity index is 1730. The number of aliphatic hydroxyl groups excluding tert-OH is 6. The second-order valence-corrected chi connectivity index (χ2v) is 18.9. The zero-order chi connectivity index (χ0) is 47.1. The number of carbonyl (C=O) groups is 3. The van der Waals surface area contributed by atoms with Gasteiger partial charge in [-0.05, 0) is 75.9 Å². The summed E-state index contributed by atoms with van der Waals surface area (Å²) in [5.74, 6) is -0.676. The van der Waals surface area contributed by atoms with E-state index in [4.69, 9.17) is 73.4 Å². The highest BCUT2D eigenvalue weighted by Crippen LogP contribution is 2.68. The Morgan fingerprint density at radius 1 is 0.875 bits per heavy atom. The van der Waals surface area contributed by atoms with Gasteiger partial charge in [0.1, 0.15) is 36.6 Å². The Labute approximate surface area is 376 Å². The molecule has 2 aliphatic heterocycles. The van der Waals surface area contributed by atoms with E-state index in [-0.39, 0.29) is 68.4 Å². The molecule has 0 bridgehead atoms. The van der Waals surface area contributed by atoms with Gasteiger partial charge in [0.25, 0.3) is 0 Å². The lowest BCUT2D eigenvalue weighted by Crippen LogP contribution is -2.68. The van der Waals surface area contributed by atoms with E-state index >= 15 is 0 Å². The summed E-state index contributed by atoms with van der Waals surface area (Å²) in [6, 6.07) is -3.62. The third kappa shape index (κ3) is 9.39. The fraction of sp³-hybridized carbons (Fsp3) is 0.833. The number of hydrogen-bond acceptors (Lipinski definition) is 21. The molecule has 16 N–H and O–H groups in total. The number of ketones is 1. The molecule has 2 saturated heterocycles. The molecule has 64 heavy (non-hydrogen) atoms. The van der Waals surface area contributed by atoms with Crippen LogP contribution in [0, 0.1) is 28.6 Å². The highest BCUT2D eigenvalue weighted by Gasteiger charge is 2.71. The van der Waals surface area contributed by atoms with Crippen LogP contribution in [-0.2, 0) is 42.7 Å². The van der Waals surface area contributed by atoms with Crippen molar-refractivity contribution in [2.24, 2.45) is 57.3 Å². The van der Waals surface area contributed by atoms with E-state index in [1.165, 1.54) is 0 Å². The van der Waals surface area contributed by atoms with Crippen molar-refractivity contribution >= 4 is 29.5 Å². The molecule has 0 aromatic carbocycles. The summed E-state index contributed by atoms with van der Waals surface area (Å²) in [5.41, 5.74) is 28.0. The molecule has 22 heteroatoms. The van der Waals surface area contributed by atoms with Gasteiger partial charge < -0.3 is 92.5 Å². The maximum atomic E-state index is 13.2. The van der Waals surface area contributed by atoms with Gasteiger partial charge in [-0.3, -0.25) is 4.79 Å². The van der Waals surface area contributed by atoms with Crippen LogP contribution in [0.1, 0.15) is 65.7 Å². The van der Waals surface area contributed by atoms with Gasteiger partial charge in [0.05, 0.1) is 43.6 Å². The summed E-state index contributed by atoms with van der Waals surface area (Å²) in [4.78, 5) is 37.5. The molecule has 7 aliphatic rings. The molecule has 21 nitrogen and oxygen atoms in total. The van der Waals surface area contributed by atoms with Crippen molar-refractivity contribution in [3.05, 3.63) is 23.8 Å². The maximum Gasteiger partial charge on any atom is 0.509 e. The molecule has 21 atom stereocenters. The Morgan fingerprint density at radius 3 is 2.16 bits per heavy atom. The van der Waals surface area contributed by atoms with Crippen LogP contribution in [0.15, 0.2) is 23.8 Å². The normalized spacial score (nSPS) is 47.5. The molecular weight excluding hydrogens is 866 g/mol. The summed E-state index contributed by atoms with van der Waals surface area (Å²) in [7, 11) is 0. The van der Waals surface area contributed by atoms with Crippen LogP contribution in [0.3, 0.4) is 0 Å². The van der Waals surface area contributed by atoms with E-state index in [0.717, 1.165) is 18.4 Å². The van der Waals surface area contributed by atoms with Crippen LogP contribution in [0.5, 0.6) is 0 Å². The Kier molecular flexibility index (Phi) is 16.3. The number of nitrogens with two attached hydrogens (primary N) is 5. The number of hydrogen-bond donors (Lipinski definition) is 11. The maximum absolute atomic E-state index is 13.2. The van der Waals surface area contributed by atoms with Gasteiger partial charge in [-0.15, -0.1) is 0 Å². The average Bonchev–Trinajstić information content (AvgIpc) is 3.53. The number of ether oxygens (including phenoxy) is 7. The lowest BCUT2D eigenvalue weighted by molar-refractivity contribution is -0.314. The van der Waals surface area contributed by atoms with E-state index < -0.39 is 127 Å². The Hall–Kier alpha value is -2.42. The number of aliphatic hydroxyl groups is 6. The van der Waals surface area contributed by atoms with Gasteiger partial charge in [-0.25, -0.2) is 9.59 Å². The van der Waals surface area contributed by atoms with E-state index in [2.05, 4.69) is 6.92 Å². The van der Waals surface area contributed by atoms with Crippen LogP contribution < -0.4 is 28.7 Å². The first-order chi connectivity index (χ1) is 30.2. The predicted octanol–water partition coefficient (Wildman–Crippen LogP) is -2.38. The Morgan fingerprint density at radius 2 is 1.53 bits per heavy atom. The van der Waals surface area contributed by atoms with Crippen molar-refractivity contribution in [3.8, 4) is 0 Å². The molecule has 0 unspecified atom stereocenters. The summed E-state index contributed by atoms with van der Waals surface area (Å²) >= 11 is 5.70. The largest absolute Gasteiger partial charge is 0.509 e. The van der Waals surface area contributed by atoms with Gasteiger partial charge >= 0.3 is 12.1 Å². The van der Waals surface area contributed by atoms with Gasteiger partial charge in [-0.1, -0.05) is 37.1 Å². The summed E-state index contributed by atoms with van der Waals surface area (Å²) in [6.07, 6.45) is -4.45. The fourth-order valence-corrected chi connectivity index (χ4v) is 11.8. The SMILES string of the molecule is CCOC(=O)O[C@]1(C(=O)OCCl)CC[C@H]2[C@@H]3CCC4=CC(=O)C=C[C@]4(C)[C@H]3[C@@H](O)C[C@@]21C.NC[C@H]1O[C@H](O[C@H]2[C@H](O)[C@@H](O[C@H]3O[C@H](CO)[C@@H](O)[C@H](N)[C@H]3O)[C@H](N)C[C@@H]2N)[C@H](N)C[C@@H]1O. The molecular formula is C42H68ClN5O16. The Balaban J connectivity index is 0.000000213. The molecule has 2 heterocycles. The standard InChI is InChI=1S/C24H31ClO7.C18H37N5O9/c1-4-30-21(29)32-24(20(28)31-13-25)10-8-17-16-6-5-14-11-15(26)7-9-22(14,2)19(16)18(27)12-23(17,24)3;19-3-9-8(25)2-7(22)17(29-9)31-15-5(20)1-6(21)16(14(15)28)32-18-13(27)11(23)12(26)10(4-24)30-18/h7,9,11,16-19,27H,4-6,8,10,12-13H2,1-3H3;5-18,24-28H,1-4,19-23H2/t16-,17-,18-,19+,22-,23-,24-;5-,6+,7+,8-,9+,10+,11-,12+,13+,14-,15+,16-,17+,18+/m00/s1. The second-order valence-electron chi connectivity index (χ2n) is 18.7.